The molecule has 21 heavy (non-hydrogen) atoms. The van der Waals surface area contributed by atoms with Crippen LogP contribution in [-0.2, 0) is 13.2 Å². The van der Waals surface area contributed by atoms with E-state index in [0.29, 0.717) is 12.6 Å². The summed E-state index contributed by atoms with van der Waals surface area (Å²) in [4.78, 5) is 5.97. The standard InChI is InChI=1S/C17H22N2OS/c1-13-16(11-18-14-7-5-6-8-14)21-17(19-13)12-20-15-9-3-2-4-10-15/h2-4,9-10,14,18H,5-8,11-12H2,1H3. The Morgan fingerprint density at radius 1 is 1.24 bits per heavy atom. The van der Waals surface area contributed by atoms with Crippen molar-refractivity contribution in [3.63, 3.8) is 0 Å². The maximum Gasteiger partial charge on any atom is 0.140 e. The molecule has 0 radical (unpaired) electrons. The molecule has 1 aliphatic carbocycles. The lowest BCUT2D eigenvalue weighted by atomic mass is 10.2. The molecule has 0 unspecified atom stereocenters. The number of rotatable bonds is 6. The molecule has 0 atom stereocenters. The number of nitrogens with one attached hydrogen (secondary N) is 1. The van der Waals surface area contributed by atoms with Crippen molar-refractivity contribution in [1.82, 2.24) is 10.3 Å². The van der Waals surface area contributed by atoms with Crippen molar-refractivity contribution in [3.8, 4) is 5.75 Å². The van der Waals surface area contributed by atoms with Crippen molar-refractivity contribution in [3.05, 3.63) is 45.9 Å². The highest BCUT2D eigenvalue weighted by Crippen LogP contribution is 2.22. The minimum atomic E-state index is 0.555. The molecule has 0 bridgehead atoms. The van der Waals surface area contributed by atoms with Crippen molar-refractivity contribution >= 4 is 11.3 Å². The van der Waals surface area contributed by atoms with E-state index in [1.807, 2.05) is 30.3 Å². The summed E-state index contributed by atoms with van der Waals surface area (Å²) >= 11 is 1.76. The summed E-state index contributed by atoms with van der Waals surface area (Å²) in [6.07, 6.45) is 5.38. The summed E-state index contributed by atoms with van der Waals surface area (Å²) in [6.45, 7) is 3.59. The van der Waals surface area contributed by atoms with Gasteiger partial charge >= 0.3 is 0 Å². The first kappa shape index (κ1) is 14.5. The molecular weight excluding hydrogens is 280 g/mol. The summed E-state index contributed by atoms with van der Waals surface area (Å²) in [5.74, 6) is 0.899. The molecule has 4 heteroatoms. The number of hydrogen-bond acceptors (Lipinski definition) is 4. The predicted octanol–water partition coefficient (Wildman–Crippen LogP) is 4.06. The van der Waals surface area contributed by atoms with Crippen LogP contribution >= 0.6 is 11.3 Å². The molecule has 1 heterocycles. The maximum absolute atomic E-state index is 5.77. The lowest BCUT2D eigenvalue weighted by molar-refractivity contribution is 0.305. The summed E-state index contributed by atoms with van der Waals surface area (Å²) in [5, 5.41) is 4.71. The molecule has 1 aliphatic rings. The lowest BCUT2D eigenvalue weighted by Crippen LogP contribution is -2.25. The molecule has 112 valence electrons. The van der Waals surface area contributed by atoms with E-state index in [-0.39, 0.29) is 0 Å². The van der Waals surface area contributed by atoms with Gasteiger partial charge in [-0.15, -0.1) is 11.3 Å². The molecule has 0 amide bonds. The van der Waals surface area contributed by atoms with Gasteiger partial charge in [0.2, 0.25) is 0 Å². The number of hydrogen-bond donors (Lipinski definition) is 1. The zero-order valence-electron chi connectivity index (χ0n) is 12.5. The Kier molecular flexibility index (Phi) is 4.88. The van der Waals surface area contributed by atoms with E-state index in [1.54, 1.807) is 11.3 Å². The van der Waals surface area contributed by atoms with Gasteiger partial charge in [0.05, 0.1) is 5.69 Å². The second kappa shape index (κ2) is 7.05. The third-order valence-corrected chi connectivity index (χ3v) is 5.08. The van der Waals surface area contributed by atoms with Crippen LogP contribution in [0.25, 0.3) is 0 Å². The molecule has 0 aliphatic heterocycles. The summed E-state index contributed by atoms with van der Waals surface area (Å²) < 4.78 is 5.77. The van der Waals surface area contributed by atoms with Crippen LogP contribution in [0.1, 0.15) is 41.3 Å². The number of aromatic nitrogens is 1. The van der Waals surface area contributed by atoms with Crippen LogP contribution in [0.5, 0.6) is 5.75 Å². The summed E-state index contributed by atoms with van der Waals surface area (Å²) in [6, 6.07) is 10.6. The van der Waals surface area contributed by atoms with Gasteiger partial charge in [0.25, 0.3) is 0 Å². The van der Waals surface area contributed by atoms with Gasteiger partial charge in [0.15, 0.2) is 0 Å². The topological polar surface area (TPSA) is 34.1 Å². The number of ether oxygens (including phenoxy) is 1. The monoisotopic (exact) mass is 302 g/mol. The lowest BCUT2D eigenvalue weighted by Gasteiger charge is -2.10. The molecule has 1 aromatic heterocycles. The van der Waals surface area contributed by atoms with Crippen molar-refractivity contribution in [2.75, 3.05) is 0 Å². The van der Waals surface area contributed by atoms with Crippen LogP contribution < -0.4 is 10.1 Å². The average molecular weight is 302 g/mol. The number of aryl methyl sites for hydroxylation is 1. The second-order valence-electron chi connectivity index (χ2n) is 5.58. The zero-order chi connectivity index (χ0) is 14.5. The number of para-hydroxylation sites is 1. The Morgan fingerprint density at radius 2 is 2.00 bits per heavy atom. The van der Waals surface area contributed by atoms with Crippen LogP contribution in [0, 0.1) is 6.92 Å². The highest BCUT2D eigenvalue weighted by atomic mass is 32.1. The quantitative estimate of drug-likeness (QED) is 0.873. The van der Waals surface area contributed by atoms with Gasteiger partial charge in [-0.3, -0.25) is 0 Å². The molecule has 1 aromatic carbocycles. The number of thiazole rings is 1. The van der Waals surface area contributed by atoms with E-state index < -0.39 is 0 Å². The Labute approximate surface area is 130 Å². The maximum atomic E-state index is 5.77. The minimum absolute atomic E-state index is 0.555. The SMILES string of the molecule is Cc1nc(COc2ccccc2)sc1CNC1CCCC1. The van der Waals surface area contributed by atoms with E-state index in [1.165, 1.54) is 30.6 Å². The van der Waals surface area contributed by atoms with E-state index in [4.69, 9.17) is 4.74 Å². The Hall–Kier alpha value is -1.39. The van der Waals surface area contributed by atoms with Crippen molar-refractivity contribution in [2.24, 2.45) is 0 Å². The summed E-state index contributed by atoms with van der Waals surface area (Å²) in [5.41, 5.74) is 1.14. The molecule has 1 fully saturated rings. The average Bonchev–Trinajstić information content (AvgIpc) is 3.14. The van der Waals surface area contributed by atoms with E-state index in [0.717, 1.165) is 23.0 Å². The predicted molar refractivity (Wildman–Crippen MR) is 86.7 cm³/mol. The molecule has 1 saturated carbocycles. The van der Waals surface area contributed by atoms with Crippen molar-refractivity contribution in [2.45, 2.75) is 51.8 Å². The van der Waals surface area contributed by atoms with Crippen molar-refractivity contribution in [1.29, 1.82) is 0 Å². The van der Waals surface area contributed by atoms with Crippen LogP contribution in [-0.4, -0.2) is 11.0 Å². The molecule has 0 spiro atoms. The van der Waals surface area contributed by atoms with Crippen LogP contribution in [0.2, 0.25) is 0 Å². The van der Waals surface area contributed by atoms with Crippen LogP contribution in [0.3, 0.4) is 0 Å². The van der Waals surface area contributed by atoms with Gasteiger partial charge in [0.1, 0.15) is 17.4 Å². The molecule has 0 saturated heterocycles. The number of nitrogens with zero attached hydrogens (tertiary/aromatic N) is 1. The van der Waals surface area contributed by atoms with Gasteiger partial charge in [-0.05, 0) is 31.9 Å². The normalized spacial score (nSPS) is 15.5. The van der Waals surface area contributed by atoms with Gasteiger partial charge in [-0.1, -0.05) is 31.0 Å². The van der Waals surface area contributed by atoms with Gasteiger partial charge in [-0.2, -0.15) is 0 Å². The first-order chi connectivity index (χ1) is 10.3. The number of benzene rings is 1. The highest BCUT2D eigenvalue weighted by Gasteiger charge is 2.15. The fraction of sp³-hybridized carbons (Fsp3) is 0.471. The van der Waals surface area contributed by atoms with Gasteiger partial charge < -0.3 is 10.1 Å². The smallest absolute Gasteiger partial charge is 0.140 e. The third-order valence-electron chi connectivity index (χ3n) is 3.95. The second-order valence-corrected chi connectivity index (χ2v) is 6.75. The van der Waals surface area contributed by atoms with E-state index in [9.17, 15) is 0 Å². The van der Waals surface area contributed by atoms with E-state index in [2.05, 4.69) is 17.2 Å². The molecule has 3 rings (SSSR count). The highest BCUT2D eigenvalue weighted by molar-refractivity contribution is 7.11. The van der Waals surface area contributed by atoms with Gasteiger partial charge in [0, 0.05) is 17.5 Å². The minimum Gasteiger partial charge on any atom is -0.486 e. The zero-order valence-corrected chi connectivity index (χ0v) is 13.3. The molecule has 1 N–H and O–H groups in total. The van der Waals surface area contributed by atoms with Crippen LogP contribution in [0.4, 0.5) is 0 Å². The Morgan fingerprint density at radius 3 is 2.76 bits per heavy atom. The third kappa shape index (κ3) is 4.05. The first-order valence-electron chi connectivity index (χ1n) is 7.67. The fourth-order valence-corrected chi connectivity index (χ4v) is 3.68. The van der Waals surface area contributed by atoms with E-state index >= 15 is 0 Å². The first-order valence-corrected chi connectivity index (χ1v) is 8.49. The van der Waals surface area contributed by atoms with Gasteiger partial charge in [-0.25, -0.2) is 4.98 Å². The summed E-state index contributed by atoms with van der Waals surface area (Å²) in [7, 11) is 0. The molecule has 2 aromatic rings. The Bertz CT molecular complexity index is 561. The molecule has 3 nitrogen and oxygen atoms in total. The molecular formula is C17H22N2OS. The largest absolute Gasteiger partial charge is 0.486 e. The van der Waals surface area contributed by atoms with Crippen LogP contribution in [0.15, 0.2) is 30.3 Å². The van der Waals surface area contributed by atoms with Crippen molar-refractivity contribution < 1.29 is 4.74 Å². The Balaban J connectivity index is 1.53. The fourth-order valence-electron chi connectivity index (χ4n) is 2.74.